The summed E-state index contributed by atoms with van der Waals surface area (Å²) in [5.74, 6) is -3.93. The van der Waals surface area contributed by atoms with Gasteiger partial charge in [0.2, 0.25) is 17.7 Å². The third-order valence-electron chi connectivity index (χ3n) is 5.69. The van der Waals surface area contributed by atoms with Crippen molar-refractivity contribution in [3.8, 4) is 0 Å². The number of rotatable bonds is 16. The van der Waals surface area contributed by atoms with E-state index in [1.807, 2.05) is 13.8 Å². The number of aliphatic imine (C=N–C) groups is 1. The fourth-order valence-corrected chi connectivity index (χ4v) is 3.00. The van der Waals surface area contributed by atoms with E-state index >= 15 is 0 Å². The number of aliphatic carboxylic acids is 1. The highest BCUT2D eigenvalue weighted by Crippen LogP contribution is 2.13. The number of nitrogens with two attached hydrogens (primary N) is 3. The van der Waals surface area contributed by atoms with Crippen molar-refractivity contribution in [1.82, 2.24) is 16.0 Å². The van der Waals surface area contributed by atoms with E-state index in [4.69, 9.17) is 22.3 Å². The zero-order valence-electron chi connectivity index (χ0n) is 20.4. The molecule has 0 rings (SSSR count). The summed E-state index contributed by atoms with van der Waals surface area (Å²) in [6.45, 7) is 6.68. The monoisotopic (exact) mass is 487 g/mol. The van der Waals surface area contributed by atoms with Gasteiger partial charge in [-0.3, -0.25) is 19.4 Å². The average molecular weight is 488 g/mol. The topological polar surface area (TPSA) is 235 Å². The number of carboxylic acid groups (broad SMARTS) is 1. The quantitative estimate of drug-likeness (QED) is 0.0681. The number of nitrogens with zero attached hydrogens (tertiary/aromatic N) is 1. The summed E-state index contributed by atoms with van der Waals surface area (Å²) < 4.78 is 0. The number of nitrogens with one attached hydrogen (secondary N) is 3. The molecule has 0 spiro atoms. The molecule has 6 atom stereocenters. The average Bonchev–Trinajstić information content (AvgIpc) is 2.79. The lowest BCUT2D eigenvalue weighted by molar-refractivity contribution is -0.143. The molecular weight excluding hydrogens is 446 g/mol. The predicted octanol–water partition coefficient (Wildman–Crippen LogP) is -2.01. The van der Waals surface area contributed by atoms with Gasteiger partial charge in [0.1, 0.15) is 18.1 Å². The SMILES string of the molecule is CCC(C)C(NC(=O)C(N)CCCN=C(N)N)C(=O)NC(C(=O)NC(CO)C(=O)O)C(C)CC. The molecule has 11 N–H and O–H groups in total. The second-order valence-corrected chi connectivity index (χ2v) is 8.38. The van der Waals surface area contributed by atoms with Crippen molar-refractivity contribution in [1.29, 1.82) is 0 Å². The molecule has 13 nitrogen and oxygen atoms in total. The lowest BCUT2D eigenvalue weighted by atomic mass is 9.94. The third-order valence-corrected chi connectivity index (χ3v) is 5.69. The molecule has 0 aliphatic heterocycles. The third kappa shape index (κ3) is 10.8. The minimum Gasteiger partial charge on any atom is -0.480 e. The van der Waals surface area contributed by atoms with Crippen molar-refractivity contribution in [3.05, 3.63) is 0 Å². The number of hydrogen-bond donors (Lipinski definition) is 8. The molecular formula is C21H41N7O6. The van der Waals surface area contributed by atoms with Crippen molar-refractivity contribution in [2.45, 2.75) is 77.5 Å². The van der Waals surface area contributed by atoms with Crippen LogP contribution in [0.15, 0.2) is 4.99 Å². The van der Waals surface area contributed by atoms with Crippen LogP contribution in [0.5, 0.6) is 0 Å². The van der Waals surface area contributed by atoms with E-state index in [0.29, 0.717) is 32.2 Å². The number of aliphatic hydroxyl groups excluding tert-OH is 1. The molecule has 0 radical (unpaired) electrons. The van der Waals surface area contributed by atoms with Crippen LogP contribution in [0.1, 0.15) is 53.4 Å². The van der Waals surface area contributed by atoms with E-state index < -0.39 is 54.5 Å². The Labute approximate surface area is 200 Å². The zero-order valence-corrected chi connectivity index (χ0v) is 20.4. The van der Waals surface area contributed by atoms with E-state index in [1.165, 1.54) is 0 Å². The number of aliphatic hydroxyl groups is 1. The highest BCUT2D eigenvalue weighted by Gasteiger charge is 2.34. The predicted molar refractivity (Wildman–Crippen MR) is 127 cm³/mol. The maximum atomic E-state index is 13.1. The smallest absolute Gasteiger partial charge is 0.328 e. The van der Waals surface area contributed by atoms with Crippen molar-refractivity contribution in [3.63, 3.8) is 0 Å². The molecule has 0 saturated heterocycles. The Balaban J connectivity index is 5.40. The molecule has 196 valence electrons. The summed E-state index contributed by atoms with van der Waals surface area (Å²) >= 11 is 0. The van der Waals surface area contributed by atoms with Gasteiger partial charge in [0.25, 0.3) is 0 Å². The molecule has 3 amide bonds. The highest BCUT2D eigenvalue weighted by molar-refractivity contribution is 5.94. The van der Waals surface area contributed by atoms with Gasteiger partial charge in [0.15, 0.2) is 5.96 Å². The van der Waals surface area contributed by atoms with Gasteiger partial charge in [-0.2, -0.15) is 0 Å². The van der Waals surface area contributed by atoms with E-state index in [9.17, 15) is 24.3 Å². The standard InChI is InChI=1S/C21H41N7O6/c1-5-11(3)15(18(31)26-14(10-29)20(33)34)28-19(32)16(12(4)6-2)27-17(30)13(22)8-7-9-25-21(23)24/h11-16,29H,5-10,22H2,1-4H3,(H,26,31)(H,27,30)(H,28,32)(H,33,34)(H4,23,24,25). The maximum Gasteiger partial charge on any atom is 0.328 e. The molecule has 34 heavy (non-hydrogen) atoms. The minimum atomic E-state index is -1.50. The Morgan fingerprint density at radius 2 is 1.35 bits per heavy atom. The van der Waals surface area contributed by atoms with E-state index in [0.717, 1.165) is 0 Å². The largest absolute Gasteiger partial charge is 0.480 e. The second-order valence-electron chi connectivity index (χ2n) is 8.38. The molecule has 0 aromatic carbocycles. The first-order valence-electron chi connectivity index (χ1n) is 11.4. The molecule has 0 aromatic rings. The van der Waals surface area contributed by atoms with Crippen molar-refractivity contribution < 1.29 is 29.4 Å². The van der Waals surface area contributed by atoms with Crippen LogP contribution in [0.4, 0.5) is 0 Å². The van der Waals surface area contributed by atoms with Crippen LogP contribution in [-0.2, 0) is 19.2 Å². The second kappa shape index (κ2) is 15.8. The van der Waals surface area contributed by atoms with Gasteiger partial charge in [0.05, 0.1) is 12.6 Å². The van der Waals surface area contributed by atoms with Gasteiger partial charge < -0.3 is 43.4 Å². The summed E-state index contributed by atoms with van der Waals surface area (Å²) in [6, 6.07) is -4.42. The van der Waals surface area contributed by atoms with Crippen LogP contribution >= 0.6 is 0 Å². The van der Waals surface area contributed by atoms with E-state index in [1.54, 1.807) is 13.8 Å². The van der Waals surface area contributed by atoms with Gasteiger partial charge in [-0.15, -0.1) is 0 Å². The van der Waals surface area contributed by atoms with Gasteiger partial charge in [0, 0.05) is 6.54 Å². The van der Waals surface area contributed by atoms with Crippen LogP contribution in [-0.4, -0.2) is 77.2 Å². The Kier molecular flexibility index (Phi) is 14.5. The van der Waals surface area contributed by atoms with Gasteiger partial charge in [-0.05, 0) is 24.7 Å². The molecule has 13 heteroatoms. The number of carbonyl (C=O) groups is 4. The summed E-state index contributed by atoms with van der Waals surface area (Å²) in [5.41, 5.74) is 16.5. The fourth-order valence-electron chi connectivity index (χ4n) is 3.00. The molecule has 0 fully saturated rings. The van der Waals surface area contributed by atoms with Crippen molar-refractivity contribution in [2.75, 3.05) is 13.2 Å². The van der Waals surface area contributed by atoms with Crippen LogP contribution in [0.2, 0.25) is 0 Å². The Hall–Kier alpha value is -2.93. The normalized spacial score (nSPS) is 16.2. The summed E-state index contributed by atoms with van der Waals surface area (Å²) in [7, 11) is 0. The Bertz CT molecular complexity index is 714. The first-order chi connectivity index (χ1) is 15.9. The first kappa shape index (κ1) is 31.1. The van der Waals surface area contributed by atoms with Gasteiger partial charge in [-0.1, -0.05) is 40.5 Å². The molecule has 0 bridgehead atoms. The number of guanidine groups is 1. The summed E-state index contributed by atoms with van der Waals surface area (Å²) in [4.78, 5) is 53.4. The lowest BCUT2D eigenvalue weighted by Crippen LogP contribution is -2.60. The summed E-state index contributed by atoms with van der Waals surface area (Å²) in [6.07, 6.45) is 1.84. The molecule has 6 unspecified atom stereocenters. The molecule has 0 aromatic heterocycles. The number of carboxylic acids is 1. The number of hydrogen-bond acceptors (Lipinski definition) is 7. The lowest BCUT2D eigenvalue weighted by Gasteiger charge is -2.30. The van der Waals surface area contributed by atoms with Gasteiger partial charge in [-0.25, -0.2) is 4.79 Å². The Morgan fingerprint density at radius 1 is 0.882 bits per heavy atom. The summed E-state index contributed by atoms with van der Waals surface area (Å²) in [5, 5.41) is 25.8. The maximum absolute atomic E-state index is 13.1. The van der Waals surface area contributed by atoms with Crippen LogP contribution in [0.25, 0.3) is 0 Å². The van der Waals surface area contributed by atoms with Gasteiger partial charge >= 0.3 is 5.97 Å². The molecule has 0 heterocycles. The number of amides is 3. The van der Waals surface area contributed by atoms with Crippen molar-refractivity contribution >= 4 is 29.7 Å². The fraction of sp³-hybridized carbons (Fsp3) is 0.762. The van der Waals surface area contributed by atoms with Crippen molar-refractivity contribution in [2.24, 2.45) is 34.0 Å². The zero-order chi connectivity index (χ0) is 26.4. The Morgan fingerprint density at radius 3 is 1.76 bits per heavy atom. The molecule has 0 aliphatic carbocycles. The number of carbonyl (C=O) groups excluding carboxylic acids is 3. The highest BCUT2D eigenvalue weighted by atomic mass is 16.4. The van der Waals surface area contributed by atoms with Crippen LogP contribution in [0.3, 0.4) is 0 Å². The van der Waals surface area contributed by atoms with Crippen LogP contribution in [0, 0.1) is 11.8 Å². The minimum absolute atomic E-state index is 0.0555. The van der Waals surface area contributed by atoms with E-state index in [-0.39, 0.29) is 17.8 Å². The first-order valence-corrected chi connectivity index (χ1v) is 11.4. The van der Waals surface area contributed by atoms with Crippen LogP contribution < -0.4 is 33.2 Å². The molecule has 0 saturated carbocycles. The molecule has 0 aliphatic rings. The van der Waals surface area contributed by atoms with E-state index in [2.05, 4.69) is 20.9 Å².